The molecule has 6 heteroatoms. The van der Waals surface area contributed by atoms with Gasteiger partial charge in [0.05, 0.1) is 6.61 Å². The normalized spacial score (nSPS) is 23.4. The third kappa shape index (κ3) is 2.97. The van der Waals surface area contributed by atoms with Crippen LogP contribution < -0.4 is 5.32 Å². The van der Waals surface area contributed by atoms with Gasteiger partial charge in [0.25, 0.3) is 0 Å². The predicted molar refractivity (Wildman–Crippen MR) is 93.8 cm³/mol. The van der Waals surface area contributed by atoms with Crippen LogP contribution in [0.5, 0.6) is 0 Å². The summed E-state index contributed by atoms with van der Waals surface area (Å²) < 4.78 is 6.27. The third-order valence-corrected chi connectivity index (χ3v) is 5.66. The lowest BCUT2D eigenvalue weighted by molar-refractivity contribution is -0.114. The standard InChI is InChI=1S/C18H21N3O2S/c1-13(22)20-17-19-9-15(24-17)10-21-8-4-7-18(12-21)16-6-3-2-5-14(16)11-23-18/h2-3,5-6,9H,4,7-8,10-12H2,1H3,(H,19,20,22). The van der Waals surface area contributed by atoms with E-state index in [1.54, 1.807) is 11.3 Å². The van der Waals surface area contributed by atoms with Gasteiger partial charge in [0, 0.05) is 31.1 Å². The molecule has 1 N–H and O–H groups in total. The molecular weight excluding hydrogens is 322 g/mol. The Balaban J connectivity index is 1.48. The number of fused-ring (bicyclic) bond motifs is 2. The number of rotatable bonds is 3. The van der Waals surface area contributed by atoms with Crippen molar-refractivity contribution >= 4 is 22.4 Å². The first kappa shape index (κ1) is 15.7. The molecule has 1 spiro atoms. The maximum Gasteiger partial charge on any atom is 0.223 e. The van der Waals surface area contributed by atoms with Gasteiger partial charge in [0.2, 0.25) is 5.91 Å². The number of hydrogen-bond donors (Lipinski definition) is 1. The Bertz CT molecular complexity index is 756. The number of anilines is 1. The zero-order valence-electron chi connectivity index (χ0n) is 13.7. The van der Waals surface area contributed by atoms with Gasteiger partial charge in [-0.25, -0.2) is 4.98 Å². The SMILES string of the molecule is CC(=O)Nc1ncc(CN2CCCC3(C2)OCc2ccccc23)s1. The highest BCUT2D eigenvalue weighted by Gasteiger charge is 2.43. The maximum absolute atomic E-state index is 11.1. The van der Waals surface area contributed by atoms with Crippen LogP contribution in [0.15, 0.2) is 30.5 Å². The molecule has 0 radical (unpaired) electrons. The van der Waals surface area contributed by atoms with Crippen LogP contribution in [0.1, 0.15) is 35.8 Å². The quantitative estimate of drug-likeness (QED) is 0.930. The summed E-state index contributed by atoms with van der Waals surface area (Å²) >= 11 is 1.55. The number of carbonyl (C=O) groups is 1. The van der Waals surface area contributed by atoms with Gasteiger partial charge in [0.1, 0.15) is 5.60 Å². The summed E-state index contributed by atoms with van der Waals surface area (Å²) in [6, 6.07) is 8.58. The van der Waals surface area contributed by atoms with E-state index in [-0.39, 0.29) is 11.5 Å². The Hall–Kier alpha value is -1.76. The molecule has 2 aliphatic rings. The van der Waals surface area contributed by atoms with Crippen molar-refractivity contribution in [1.29, 1.82) is 0 Å². The number of nitrogens with one attached hydrogen (secondary N) is 1. The molecule has 0 aliphatic carbocycles. The van der Waals surface area contributed by atoms with Crippen LogP contribution in [0.2, 0.25) is 0 Å². The molecular formula is C18H21N3O2S. The topological polar surface area (TPSA) is 54.5 Å². The van der Waals surface area contributed by atoms with Crippen LogP contribution in [0.25, 0.3) is 0 Å². The minimum Gasteiger partial charge on any atom is -0.364 e. The molecule has 1 aromatic carbocycles. The van der Waals surface area contributed by atoms with Crippen molar-refractivity contribution in [3.05, 3.63) is 46.5 Å². The zero-order valence-corrected chi connectivity index (χ0v) is 14.6. The van der Waals surface area contributed by atoms with Crippen LogP contribution >= 0.6 is 11.3 Å². The van der Waals surface area contributed by atoms with Crippen LogP contribution in [0, 0.1) is 0 Å². The van der Waals surface area contributed by atoms with Gasteiger partial charge in [0.15, 0.2) is 5.13 Å². The lowest BCUT2D eigenvalue weighted by atomic mass is 9.85. The minimum absolute atomic E-state index is 0.0798. The van der Waals surface area contributed by atoms with Crippen molar-refractivity contribution in [2.24, 2.45) is 0 Å². The average Bonchev–Trinajstić information content (AvgIpc) is 3.13. The summed E-state index contributed by atoms with van der Waals surface area (Å²) in [6.07, 6.45) is 4.08. The lowest BCUT2D eigenvalue weighted by Gasteiger charge is -2.40. The molecule has 4 rings (SSSR count). The molecule has 24 heavy (non-hydrogen) atoms. The second-order valence-electron chi connectivity index (χ2n) is 6.57. The smallest absolute Gasteiger partial charge is 0.223 e. The maximum atomic E-state index is 11.1. The van der Waals surface area contributed by atoms with E-state index in [1.165, 1.54) is 22.9 Å². The van der Waals surface area contributed by atoms with E-state index in [0.29, 0.717) is 5.13 Å². The van der Waals surface area contributed by atoms with Crippen LogP contribution in [0.3, 0.4) is 0 Å². The number of ether oxygens (including phenoxy) is 1. The zero-order chi connectivity index (χ0) is 16.6. The third-order valence-electron chi connectivity index (χ3n) is 4.76. The van der Waals surface area contributed by atoms with Crippen LogP contribution in [0.4, 0.5) is 5.13 Å². The van der Waals surface area contributed by atoms with Crippen molar-refractivity contribution in [2.75, 3.05) is 18.4 Å². The van der Waals surface area contributed by atoms with Gasteiger partial charge in [-0.05, 0) is 30.5 Å². The van der Waals surface area contributed by atoms with Gasteiger partial charge in [-0.2, -0.15) is 0 Å². The molecule has 1 unspecified atom stereocenters. The molecule has 1 aromatic heterocycles. The Morgan fingerprint density at radius 2 is 2.33 bits per heavy atom. The molecule has 5 nitrogen and oxygen atoms in total. The second-order valence-corrected chi connectivity index (χ2v) is 7.68. The number of piperidine rings is 1. The van der Waals surface area contributed by atoms with E-state index in [4.69, 9.17) is 4.74 Å². The molecule has 1 atom stereocenters. The minimum atomic E-state index is -0.153. The van der Waals surface area contributed by atoms with E-state index in [1.807, 2.05) is 6.20 Å². The van der Waals surface area contributed by atoms with Crippen molar-refractivity contribution < 1.29 is 9.53 Å². The van der Waals surface area contributed by atoms with Crippen LogP contribution in [-0.4, -0.2) is 28.9 Å². The highest BCUT2D eigenvalue weighted by molar-refractivity contribution is 7.15. The first-order valence-corrected chi connectivity index (χ1v) is 9.13. The number of likely N-dealkylation sites (tertiary alicyclic amines) is 1. The summed E-state index contributed by atoms with van der Waals surface area (Å²) in [7, 11) is 0. The Labute approximate surface area is 145 Å². The molecule has 126 valence electrons. The van der Waals surface area contributed by atoms with Crippen LogP contribution in [-0.2, 0) is 28.3 Å². The molecule has 1 amide bonds. The van der Waals surface area contributed by atoms with Gasteiger partial charge < -0.3 is 10.1 Å². The van der Waals surface area contributed by atoms with Crippen molar-refractivity contribution in [1.82, 2.24) is 9.88 Å². The monoisotopic (exact) mass is 343 g/mol. The molecule has 0 bridgehead atoms. The summed E-state index contributed by atoms with van der Waals surface area (Å²) in [5, 5.41) is 3.42. The van der Waals surface area contributed by atoms with Crippen molar-refractivity contribution in [3.63, 3.8) is 0 Å². The predicted octanol–water partition coefficient (Wildman–Crippen LogP) is 3.12. The lowest BCUT2D eigenvalue weighted by Crippen LogP contribution is -2.45. The number of hydrogen-bond acceptors (Lipinski definition) is 5. The number of thiazole rings is 1. The Kier molecular flexibility index (Phi) is 4.12. The van der Waals surface area contributed by atoms with E-state index >= 15 is 0 Å². The largest absolute Gasteiger partial charge is 0.364 e. The fraction of sp³-hybridized carbons (Fsp3) is 0.444. The molecule has 1 saturated heterocycles. The van der Waals surface area contributed by atoms with Gasteiger partial charge >= 0.3 is 0 Å². The highest BCUT2D eigenvalue weighted by Crippen LogP contribution is 2.43. The van der Waals surface area contributed by atoms with Crippen molar-refractivity contribution in [3.8, 4) is 0 Å². The number of amides is 1. The fourth-order valence-corrected chi connectivity index (χ4v) is 4.67. The first-order valence-electron chi connectivity index (χ1n) is 8.32. The first-order chi connectivity index (χ1) is 11.6. The summed E-state index contributed by atoms with van der Waals surface area (Å²) in [4.78, 5) is 19.0. The van der Waals surface area contributed by atoms with E-state index in [9.17, 15) is 4.79 Å². The second kappa shape index (κ2) is 6.27. The number of benzene rings is 1. The van der Waals surface area contributed by atoms with E-state index in [0.717, 1.165) is 39.1 Å². The Morgan fingerprint density at radius 1 is 1.46 bits per heavy atom. The highest BCUT2D eigenvalue weighted by atomic mass is 32.1. The number of nitrogens with zero attached hydrogens (tertiary/aromatic N) is 2. The van der Waals surface area contributed by atoms with Gasteiger partial charge in [-0.3, -0.25) is 9.69 Å². The number of aromatic nitrogens is 1. The molecule has 3 heterocycles. The molecule has 1 fully saturated rings. The van der Waals surface area contributed by atoms with Crippen molar-refractivity contribution in [2.45, 2.75) is 38.5 Å². The fourth-order valence-electron chi connectivity index (χ4n) is 3.77. The van der Waals surface area contributed by atoms with Gasteiger partial charge in [-0.1, -0.05) is 24.3 Å². The summed E-state index contributed by atoms with van der Waals surface area (Å²) in [5.41, 5.74) is 2.53. The number of carbonyl (C=O) groups excluding carboxylic acids is 1. The van der Waals surface area contributed by atoms with Gasteiger partial charge in [-0.15, -0.1) is 11.3 Å². The average molecular weight is 343 g/mol. The summed E-state index contributed by atoms with van der Waals surface area (Å²) in [6.45, 7) is 5.06. The molecule has 0 saturated carbocycles. The molecule has 2 aromatic rings. The van der Waals surface area contributed by atoms with E-state index in [2.05, 4.69) is 39.5 Å². The van der Waals surface area contributed by atoms with E-state index < -0.39 is 0 Å². The molecule has 2 aliphatic heterocycles. The Morgan fingerprint density at radius 3 is 3.21 bits per heavy atom. The summed E-state index contributed by atoms with van der Waals surface area (Å²) in [5.74, 6) is -0.0798.